The lowest BCUT2D eigenvalue weighted by molar-refractivity contribution is 0.378. The Morgan fingerprint density at radius 2 is 1.62 bits per heavy atom. The van der Waals surface area contributed by atoms with E-state index >= 15 is 0 Å². The molecule has 0 spiro atoms. The molecule has 2 aromatic carbocycles. The molecule has 134 valence electrons. The van der Waals surface area contributed by atoms with Gasteiger partial charge in [0.1, 0.15) is 11.4 Å². The third-order valence-corrected chi connectivity index (χ3v) is 5.01. The Hall–Kier alpha value is -2.59. The molecule has 0 saturated carbocycles. The van der Waals surface area contributed by atoms with Crippen molar-refractivity contribution in [2.75, 3.05) is 20.2 Å². The van der Waals surface area contributed by atoms with Crippen LogP contribution in [0, 0.1) is 6.92 Å². The van der Waals surface area contributed by atoms with Crippen molar-refractivity contribution < 1.29 is 9.15 Å². The summed E-state index contributed by atoms with van der Waals surface area (Å²) in [5.74, 6) is 2.91. The van der Waals surface area contributed by atoms with E-state index in [0.29, 0.717) is 5.92 Å². The summed E-state index contributed by atoms with van der Waals surface area (Å²) < 4.78 is 11.6. The second kappa shape index (κ2) is 7.34. The number of piperidine rings is 1. The summed E-state index contributed by atoms with van der Waals surface area (Å²) in [6.07, 6.45) is 2.13. The molecule has 0 unspecified atom stereocenters. The summed E-state index contributed by atoms with van der Waals surface area (Å²) in [7, 11) is 1.68. The first kappa shape index (κ1) is 16.9. The molecule has 4 heteroatoms. The van der Waals surface area contributed by atoms with Crippen LogP contribution in [0.2, 0.25) is 0 Å². The van der Waals surface area contributed by atoms with Crippen molar-refractivity contribution in [2.45, 2.75) is 25.7 Å². The number of nitrogens with zero attached hydrogens (tertiary/aromatic N) is 1. The van der Waals surface area contributed by atoms with Gasteiger partial charge in [-0.15, -0.1) is 0 Å². The van der Waals surface area contributed by atoms with Crippen LogP contribution < -0.4 is 10.1 Å². The molecule has 2 heterocycles. The molecule has 1 fully saturated rings. The SMILES string of the molecule is COc1ccc(-c2oc(C3CCNCC3)nc2-c2ccc(C)cc2)cc1. The molecule has 0 radical (unpaired) electrons. The molecular formula is C22H24N2O2. The summed E-state index contributed by atoms with van der Waals surface area (Å²) in [4.78, 5) is 4.93. The quantitative estimate of drug-likeness (QED) is 0.736. The van der Waals surface area contributed by atoms with Gasteiger partial charge in [-0.05, 0) is 57.1 Å². The Balaban J connectivity index is 1.78. The average molecular weight is 348 g/mol. The highest BCUT2D eigenvalue weighted by atomic mass is 16.5. The molecule has 3 aromatic rings. The van der Waals surface area contributed by atoms with E-state index < -0.39 is 0 Å². The van der Waals surface area contributed by atoms with Gasteiger partial charge in [-0.3, -0.25) is 0 Å². The van der Waals surface area contributed by atoms with Gasteiger partial charge in [0.05, 0.1) is 7.11 Å². The summed E-state index contributed by atoms with van der Waals surface area (Å²) in [6.45, 7) is 4.13. The van der Waals surface area contributed by atoms with Crippen molar-refractivity contribution in [1.82, 2.24) is 10.3 Å². The zero-order valence-corrected chi connectivity index (χ0v) is 15.3. The predicted molar refractivity (Wildman–Crippen MR) is 104 cm³/mol. The van der Waals surface area contributed by atoms with Crippen LogP contribution in [-0.2, 0) is 0 Å². The standard InChI is InChI=1S/C22H24N2O2/c1-15-3-5-16(6-4-15)20-21(17-7-9-19(25-2)10-8-17)26-22(24-20)18-11-13-23-14-12-18/h3-10,18,23H,11-14H2,1-2H3. The number of hydrogen-bond donors (Lipinski definition) is 1. The van der Waals surface area contributed by atoms with E-state index in [9.17, 15) is 0 Å². The van der Waals surface area contributed by atoms with E-state index in [-0.39, 0.29) is 0 Å². The van der Waals surface area contributed by atoms with Crippen molar-refractivity contribution in [1.29, 1.82) is 0 Å². The van der Waals surface area contributed by atoms with Gasteiger partial charge in [-0.2, -0.15) is 0 Å². The van der Waals surface area contributed by atoms with Crippen LogP contribution in [0.3, 0.4) is 0 Å². The van der Waals surface area contributed by atoms with Gasteiger partial charge in [-0.25, -0.2) is 4.98 Å². The van der Waals surface area contributed by atoms with Gasteiger partial charge in [0.25, 0.3) is 0 Å². The van der Waals surface area contributed by atoms with Crippen molar-refractivity contribution in [3.63, 3.8) is 0 Å². The molecule has 1 N–H and O–H groups in total. The van der Waals surface area contributed by atoms with Crippen molar-refractivity contribution in [3.05, 3.63) is 60.0 Å². The maximum Gasteiger partial charge on any atom is 0.198 e. The summed E-state index contributed by atoms with van der Waals surface area (Å²) in [6, 6.07) is 16.4. The third kappa shape index (κ3) is 3.37. The lowest BCUT2D eigenvalue weighted by Crippen LogP contribution is -2.26. The Bertz CT molecular complexity index is 860. The van der Waals surface area contributed by atoms with Crippen molar-refractivity contribution >= 4 is 0 Å². The minimum atomic E-state index is 0.382. The molecule has 4 rings (SSSR count). The molecule has 1 aromatic heterocycles. The highest BCUT2D eigenvalue weighted by Crippen LogP contribution is 2.37. The Morgan fingerprint density at radius 3 is 2.27 bits per heavy atom. The number of benzene rings is 2. The molecule has 1 saturated heterocycles. The Labute approximate surface area is 154 Å². The molecule has 0 bridgehead atoms. The Morgan fingerprint density at radius 1 is 0.962 bits per heavy atom. The molecule has 0 amide bonds. The minimum absolute atomic E-state index is 0.382. The highest BCUT2D eigenvalue weighted by Gasteiger charge is 2.24. The maximum absolute atomic E-state index is 6.32. The zero-order valence-electron chi connectivity index (χ0n) is 15.3. The molecule has 4 nitrogen and oxygen atoms in total. The number of ether oxygens (including phenoxy) is 1. The van der Waals surface area contributed by atoms with Gasteiger partial charge in [-0.1, -0.05) is 29.8 Å². The van der Waals surface area contributed by atoms with E-state index in [4.69, 9.17) is 14.1 Å². The van der Waals surface area contributed by atoms with Gasteiger partial charge in [0, 0.05) is 17.0 Å². The fourth-order valence-corrected chi connectivity index (χ4v) is 3.43. The van der Waals surface area contributed by atoms with E-state index in [2.05, 4.69) is 36.5 Å². The average Bonchev–Trinajstić information content (AvgIpc) is 3.15. The largest absolute Gasteiger partial charge is 0.497 e. The number of oxazole rings is 1. The number of rotatable bonds is 4. The molecular weight excluding hydrogens is 324 g/mol. The van der Waals surface area contributed by atoms with Gasteiger partial charge in [0.2, 0.25) is 0 Å². The number of aryl methyl sites for hydroxylation is 1. The Kier molecular flexibility index (Phi) is 4.76. The fraction of sp³-hybridized carbons (Fsp3) is 0.318. The lowest BCUT2D eigenvalue weighted by atomic mass is 9.98. The van der Waals surface area contributed by atoms with Crippen LogP contribution >= 0.6 is 0 Å². The molecule has 0 atom stereocenters. The first-order valence-corrected chi connectivity index (χ1v) is 9.17. The molecule has 26 heavy (non-hydrogen) atoms. The first-order valence-electron chi connectivity index (χ1n) is 9.17. The monoisotopic (exact) mass is 348 g/mol. The second-order valence-electron chi connectivity index (χ2n) is 6.85. The predicted octanol–water partition coefficient (Wildman–Crippen LogP) is 4.79. The van der Waals surface area contributed by atoms with Crippen LogP contribution in [0.15, 0.2) is 52.9 Å². The first-order chi connectivity index (χ1) is 12.7. The summed E-state index contributed by atoms with van der Waals surface area (Å²) in [5.41, 5.74) is 4.27. The smallest absolute Gasteiger partial charge is 0.198 e. The van der Waals surface area contributed by atoms with E-state index in [1.165, 1.54) is 5.56 Å². The van der Waals surface area contributed by atoms with Crippen molar-refractivity contribution in [3.8, 4) is 28.3 Å². The molecule has 0 aliphatic carbocycles. The zero-order chi connectivity index (χ0) is 17.9. The van der Waals surface area contributed by atoms with E-state index in [1.54, 1.807) is 7.11 Å². The number of methoxy groups -OCH3 is 1. The number of nitrogens with one attached hydrogen (secondary N) is 1. The van der Waals surface area contributed by atoms with Crippen LogP contribution in [0.4, 0.5) is 0 Å². The highest BCUT2D eigenvalue weighted by molar-refractivity contribution is 5.77. The van der Waals surface area contributed by atoms with Crippen molar-refractivity contribution in [2.24, 2.45) is 0 Å². The number of aromatic nitrogens is 1. The van der Waals surface area contributed by atoms with Gasteiger partial charge in [0.15, 0.2) is 11.7 Å². The second-order valence-corrected chi connectivity index (χ2v) is 6.85. The molecule has 1 aliphatic rings. The maximum atomic E-state index is 6.32. The summed E-state index contributed by atoms with van der Waals surface area (Å²) in [5, 5.41) is 3.40. The van der Waals surface area contributed by atoms with E-state index in [1.807, 2.05) is 24.3 Å². The van der Waals surface area contributed by atoms with Gasteiger partial charge < -0.3 is 14.5 Å². The normalized spacial score (nSPS) is 15.2. The summed E-state index contributed by atoms with van der Waals surface area (Å²) >= 11 is 0. The van der Waals surface area contributed by atoms with E-state index in [0.717, 1.165) is 60.2 Å². The van der Waals surface area contributed by atoms with Gasteiger partial charge >= 0.3 is 0 Å². The number of hydrogen-bond acceptors (Lipinski definition) is 4. The van der Waals surface area contributed by atoms with Crippen LogP contribution in [-0.4, -0.2) is 25.2 Å². The topological polar surface area (TPSA) is 47.3 Å². The minimum Gasteiger partial charge on any atom is -0.497 e. The lowest BCUT2D eigenvalue weighted by Gasteiger charge is -2.19. The third-order valence-electron chi connectivity index (χ3n) is 5.01. The van der Waals surface area contributed by atoms with Crippen LogP contribution in [0.5, 0.6) is 5.75 Å². The van der Waals surface area contributed by atoms with Crippen LogP contribution in [0.25, 0.3) is 22.6 Å². The molecule has 1 aliphatic heterocycles. The fourth-order valence-electron chi connectivity index (χ4n) is 3.43. The van der Waals surface area contributed by atoms with Crippen LogP contribution in [0.1, 0.15) is 30.2 Å².